The predicted molar refractivity (Wildman–Crippen MR) is 134 cm³/mol. The average molecular weight is 511 g/mol. The van der Waals surface area contributed by atoms with Crippen LogP contribution in [0.3, 0.4) is 0 Å². The van der Waals surface area contributed by atoms with Crippen LogP contribution in [0.4, 0.5) is 25.3 Å². The average Bonchev–Trinajstić information content (AvgIpc) is 3.48. The molecule has 0 spiro atoms. The molecule has 6 rings (SSSR count). The summed E-state index contributed by atoms with van der Waals surface area (Å²) in [5, 5.41) is 7.33. The number of ether oxygens (including phenoxy) is 2. The number of halogens is 2. The van der Waals surface area contributed by atoms with E-state index in [1.807, 2.05) is 25.2 Å². The first-order chi connectivity index (χ1) is 17.9. The summed E-state index contributed by atoms with van der Waals surface area (Å²) in [4.78, 5) is 25.8. The van der Waals surface area contributed by atoms with E-state index in [9.17, 15) is 13.6 Å². The Morgan fingerprint density at radius 1 is 1.16 bits per heavy atom. The van der Waals surface area contributed by atoms with Crippen LogP contribution in [0.2, 0.25) is 0 Å². The van der Waals surface area contributed by atoms with Gasteiger partial charge >= 0.3 is 6.03 Å². The number of anilines is 2. The van der Waals surface area contributed by atoms with E-state index in [1.54, 1.807) is 18.1 Å². The predicted octanol–water partition coefficient (Wildman–Crippen LogP) is 3.46. The standard InChI is InChI=1S/C26H28F2N6O3/c1-33-20-8-10-34(13-19(20)30-26(33)35)25-31-22-15(4-3-5-21(22)36-2)24(32-25)29-18-9-11-37-23(18)14-6-7-16(27)17(28)12-14/h3-7,12,18-20,23H,8-11,13H2,1-2H3,(H,30,35)(H,29,31,32)/t18-,19+,20-,23+/m1/s1. The molecule has 9 nitrogen and oxygen atoms in total. The Balaban J connectivity index is 1.35. The number of benzene rings is 2. The second kappa shape index (κ2) is 9.29. The number of para-hydroxylation sites is 1. The number of piperidine rings is 1. The molecule has 2 aromatic carbocycles. The molecule has 0 radical (unpaired) electrons. The molecule has 3 saturated heterocycles. The number of nitrogens with zero attached hydrogens (tertiary/aromatic N) is 4. The summed E-state index contributed by atoms with van der Waals surface area (Å²) >= 11 is 0. The summed E-state index contributed by atoms with van der Waals surface area (Å²) in [6.45, 7) is 1.76. The van der Waals surface area contributed by atoms with Crippen molar-refractivity contribution in [2.24, 2.45) is 0 Å². The third-order valence-electron chi connectivity index (χ3n) is 7.57. The van der Waals surface area contributed by atoms with Crippen LogP contribution >= 0.6 is 0 Å². The van der Waals surface area contributed by atoms with Crippen LogP contribution in [0.1, 0.15) is 24.5 Å². The van der Waals surface area contributed by atoms with Gasteiger partial charge in [-0.1, -0.05) is 12.1 Å². The molecule has 3 aliphatic rings. The summed E-state index contributed by atoms with van der Waals surface area (Å²) in [6.07, 6.45) is 1.000. The van der Waals surface area contributed by atoms with E-state index in [2.05, 4.69) is 15.5 Å². The molecule has 3 aromatic rings. The van der Waals surface area contributed by atoms with E-state index in [0.29, 0.717) is 54.7 Å². The van der Waals surface area contributed by atoms with Gasteiger partial charge in [0.2, 0.25) is 5.95 Å². The van der Waals surface area contributed by atoms with Crippen molar-refractivity contribution < 1.29 is 23.0 Å². The molecule has 2 amide bonds. The molecule has 194 valence electrons. The minimum Gasteiger partial charge on any atom is -0.494 e. The number of hydrogen-bond donors (Lipinski definition) is 2. The largest absolute Gasteiger partial charge is 0.494 e. The fraction of sp³-hybridized carbons (Fsp3) is 0.423. The maximum Gasteiger partial charge on any atom is 0.317 e. The second-order valence-electron chi connectivity index (χ2n) is 9.70. The van der Waals surface area contributed by atoms with Crippen molar-refractivity contribution in [3.05, 3.63) is 53.6 Å². The molecule has 4 atom stereocenters. The van der Waals surface area contributed by atoms with Crippen LogP contribution in [0.5, 0.6) is 5.75 Å². The number of carbonyl (C=O) groups is 1. The van der Waals surface area contributed by atoms with E-state index < -0.39 is 17.7 Å². The highest BCUT2D eigenvalue weighted by atomic mass is 19.2. The lowest BCUT2D eigenvalue weighted by Crippen LogP contribution is -2.51. The molecular formula is C26H28F2N6O3. The van der Waals surface area contributed by atoms with Crippen LogP contribution in [-0.4, -0.2) is 72.9 Å². The van der Waals surface area contributed by atoms with E-state index in [4.69, 9.17) is 19.4 Å². The lowest BCUT2D eigenvalue weighted by Gasteiger charge is -2.36. The smallest absolute Gasteiger partial charge is 0.317 e. The monoisotopic (exact) mass is 510 g/mol. The van der Waals surface area contributed by atoms with Gasteiger partial charge in [-0.05, 0) is 42.7 Å². The van der Waals surface area contributed by atoms with Crippen LogP contribution in [0.15, 0.2) is 36.4 Å². The summed E-state index contributed by atoms with van der Waals surface area (Å²) in [5.41, 5.74) is 1.23. The number of nitrogens with one attached hydrogen (secondary N) is 2. The number of likely N-dealkylation sites (N-methyl/N-ethyl adjacent to an activating group) is 1. The zero-order valence-electron chi connectivity index (χ0n) is 20.6. The molecule has 11 heteroatoms. The van der Waals surface area contributed by atoms with Gasteiger partial charge in [-0.15, -0.1) is 0 Å². The van der Waals surface area contributed by atoms with Crippen molar-refractivity contribution >= 4 is 28.7 Å². The molecule has 3 fully saturated rings. The third-order valence-corrected chi connectivity index (χ3v) is 7.57. The molecule has 0 saturated carbocycles. The van der Waals surface area contributed by atoms with Crippen molar-refractivity contribution in [1.29, 1.82) is 0 Å². The van der Waals surface area contributed by atoms with Gasteiger partial charge in [-0.2, -0.15) is 4.98 Å². The number of urea groups is 1. The molecule has 1 aromatic heterocycles. The van der Waals surface area contributed by atoms with Crippen LogP contribution < -0.4 is 20.3 Å². The highest BCUT2D eigenvalue weighted by Gasteiger charge is 2.41. The van der Waals surface area contributed by atoms with Gasteiger partial charge in [0.25, 0.3) is 0 Å². The lowest BCUT2D eigenvalue weighted by molar-refractivity contribution is 0.107. The lowest BCUT2D eigenvalue weighted by atomic mass is 10.0. The number of carbonyl (C=O) groups excluding carboxylic acids is 1. The maximum atomic E-state index is 14.0. The van der Waals surface area contributed by atoms with Crippen molar-refractivity contribution in [3.63, 3.8) is 0 Å². The van der Waals surface area contributed by atoms with Crippen molar-refractivity contribution in [2.75, 3.05) is 44.1 Å². The number of aromatic nitrogens is 2. The quantitative estimate of drug-likeness (QED) is 0.543. The molecule has 4 heterocycles. The molecule has 2 N–H and O–H groups in total. The second-order valence-corrected chi connectivity index (χ2v) is 9.70. The van der Waals surface area contributed by atoms with Gasteiger partial charge in [0.1, 0.15) is 23.2 Å². The number of hydrogen-bond acceptors (Lipinski definition) is 7. The first-order valence-electron chi connectivity index (χ1n) is 12.4. The minimum atomic E-state index is -0.903. The van der Waals surface area contributed by atoms with Gasteiger partial charge in [-0.25, -0.2) is 18.6 Å². The summed E-state index contributed by atoms with van der Waals surface area (Å²) in [7, 11) is 3.42. The highest BCUT2D eigenvalue weighted by molar-refractivity contribution is 5.94. The molecular weight excluding hydrogens is 482 g/mol. The van der Waals surface area contributed by atoms with E-state index in [-0.39, 0.29) is 24.2 Å². The van der Waals surface area contributed by atoms with Gasteiger partial charge in [-0.3, -0.25) is 0 Å². The molecule has 0 bridgehead atoms. The first-order valence-corrected chi connectivity index (χ1v) is 12.4. The Kier molecular flexibility index (Phi) is 5.94. The number of rotatable bonds is 5. The zero-order chi connectivity index (χ0) is 25.7. The van der Waals surface area contributed by atoms with E-state index >= 15 is 0 Å². The Morgan fingerprint density at radius 2 is 2.03 bits per heavy atom. The molecule has 37 heavy (non-hydrogen) atoms. The Labute approximate surface area is 212 Å². The third kappa shape index (κ3) is 4.16. The Hall–Kier alpha value is -3.73. The number of fused-ring (bicyclic) bond motifs is 2. The topological polar surface area (TPSA) is 91.8 Å². The zero-order valence-corrected chi connectivity index (χ0v) is 20.6. The van der Waals surface area contributed by atoms with Gasteiger partial charge in [0, 0.05) is 32.1 Å². The van der Waals surface area contributed by atoms with Crippen LogP contribution in [0.25, 0.3) is 10.9 Å². The molecule has 0 aliphatic carbocycles. The Bertz CT molecular complexity index is 1360. The highest BCUT2D eigenvalue weighted by Crippen LogP contribution is 2.36. The van der Waals surface area contributed by atoms with E-state index in [0.717, 1.165) is 17.9 Å². The Morgan fingerprint density at radius 3 is 2.84 bits per heavy atom. The fourth-order valence-corrected chi connectivity index (χ4v) is 5.60. The first kappa shape index (κ1) is 23.7. The number of amides is 2. The summed E-state index contributed by atoms with van der Waals surface area (Å²) in [5.74, 6) is -0.0351. The van der Waals surface area contributed by atoms with Gasteiger partial charge < -0.3 is 29.9 Å². The summed E-state index contributed by atoms with van der Waals surface area (Å²) in [6, 6.07) is 9.35. The fourth-order valence-electron chi connectivity index (χ4n) is 5.60. The molecule has 3 aliphatic heterocycles. The maximum absolute atomic E-state index is 14.0. The van der Waals surface area contributed by atoms with Crippen molar-refractivity contribution in [2.45, 2.75) is 37.1 Å². The van der Waals surface area contributed by atoms with Crippen LogP contribution in [-0.2, 0) is 4.74 Å². The van der Waals surface area contributed by atoms with E-state index in [1.165, 1.54) is 6.07 Å². The SMILES string of the molecule is COc1cccc2c(N[C@@H]3CCO[C@H]3c3ccc(F)c(F)c3)nc(N3CC[C@@H]4[C@H](C3)NC(=O)N4C)nc12. The van der Waals surface area contributed by atoms with Crippen LogP contribution in [0, 0.1) is 11.6 Å². The van der Waals surface area contributed by atoms with Crippen molar-refractivity contribution in [1.82, 2.24) is 20.2 Å². The van der Waals surface area contributed by atoms with Gasteiger partial charge in [0.05, 0.1) is 25.2 Å². The number of methoxy groups -OCH3 is 1. The molecule has 0 unspecified atom stereocenters. The minimum absolute atomic E-state index is 0.0133. The van der Waals surface area contributed by atoms with Gasteiger partial charge in [0.15, 0.2) is 11.6 Å². The van der Waals surface area contributed by atoms with Crippen molar-refractivity contribution in [3.8, 4) is 5.75 Å². The summed E-state index contributed by atoms with van der Waals surface area (Å²) < 4.78 is 39.0. The normalized spacial score (nSPS) is 25.4.